The van der Waals surface area contributed by atoms with Crippen molar-refractivity contribution in [3.8, 4) is 22.4 Å². The van der Waals surface area contributed by atoms with Crippen molar-refractivity contribution in [2.24, 2.45) is 16.7 Å². The molecule has 1 radical (unpaired) electrons. The van der Waals surface area contributed by atoms with Gasteiger partial charge in [-0.1, -0.05) is 117 Å². The predicted molar refractivity (Wildman–Crippen MR) is 229 cm³/mol. The number of hydrogen-bond acceptors (Lipinski definition) is 6. The number of ketones is 1. The van der Waals surface area contributed by atoms with Gasteiger partial charge < -0.3 is 13.9 Å². The van der Waals surface area contributed by atoms with Gasteiger partial charge in [0.1, 0.15) is 17.1 Å². The summed E-state index contributed by atoms with van der Waals surface area (Å²) in [5.74, 6) is 1.85. The van der Waals surface area contributed by atoms with Crippen LogP contribution < -0.4 is 0 Å². The van der Waals surface area contributed by atoms with E-state index in [1.807, 2.05) is 53.8 Å². The Bertz CT molecular complexity index is 2350. The molecule has 4 heterocycles. The smallest absolute Gasteiger partial charge is 0.219 e. The van der Waals surface area contributed by atoms with E-state index < -0.39 is 0 Å². The maximum absolute atomic E-state index is 12.2. The van der Waals surface area contributed by atoms with Crippen LogP contribution in [0.15, 0.2) is 75.6 Å². The van der Waals surface area contributed by atoms with Gasteiger partial charge in [-0.3, -0.25) is 14.8 Å². The molecule has 6 rings (SSSR count). The summed E-state index contributed by atoms with van der Waals surface area (Å²) in [6, 6.07) is 18.5. The van der Waals surface area contributed by atoms with Crippen molar-refractivity contribution < 1.29 is 38.8 Å². The molecule has 0 fully saturated rings. The van der Waals surface area contributed by atoms with E-state index in [2.05, 4.69) is 95.9 Å². The maximum Gasteiger partial charge on any atom is 0.219 e. The molecule has 0 unspecified atom stereocenters. The Morgan fingerprint density at radius 1 is 0.929 bits per heavy atom. The Morgan fingerprint density at radius 2 is 1.59 bits per heavy atom. The van der Waals surface area contributed by atoms with E-state index in [-0.39, 0.29) is 47.9 Å². The Balaban J connectivity index is 0.000000330. The Morgan fingerprint density at radius 3 is 2.20 bits per heavy atom. The molecule has 0 bridgehead atoms. The van der Waals surface area contributed by atoms with Gasteiger partial charge in [0.2, 0.25) is 5.71 Å². The molecule has 0 spiro atoms. The normalized spacial score (nSPS) is 12.6. The van der Waals surface area contributed by atoms with Crippen molar-refractivity contribution in [2.75, 3.05) is 0 Å². The largest absolute Gasteiger partial charge is 0.512 e. The molecular formula is C49H61IrN2O4-. The second kappa shape index (κ2) is 17.6. The second-order valence-electron chi connectivity index (χ2n) is 17.3. The van der Waals surface area contributed by atoms with Gasteiger partial charge in [0, 0.05) is 70.8 Å². The van der Waals surface area contributed by atoms with Crippen LogP contribution in [0.4, 0.5) is 0 Å². The minimum atomic E-state index is -0.337. The van der Waals surface area contributed by atoms with Gasteiger partial charge in [-0.2, -0.15) is 0 Å². The summed E-state index contributed by atoms with van der Waals surface area (Å²) in [4.78, 5) is 21.8. The average Bonchev–Trinajstić information content (AvgIpc) is 3.69. The average molecular weight is 934 g/mol. The van der Waals surface area contributed by atoms with Crippen molar-refractivity contribution in [1.29, 1.82) is 0 Å². The van der Waals surface area contributed by atoms with Gasteiger partial charge in [0.15, 0.2) is 5.78 Å². The minimum absolute atomic E-state index is 0. The fourth-order valence-electron chi connectivity index (χ4n) is 7.17. The van der Waals surface area contributed by atoms with E-state index >= 15 is 0 Å². The van der Waals surface area contributed by atoms with Gasteiger partial charge >= 0.3 is 0 Å². The number of pyridine rings is 2. The molecule has 0 saturated heterocycles. The monoisotopic (exact) mass is 934 g/mol. The number of furan rings is 2. The number of aromatic nitrogens is 2. The number of nitrogens with zero attached hydrogens (tertiary/aromatic N) is 2. The van der Waals surface area contributed by atoms with Crippen molar-refractivity contribution in [1.82, 2.24) is 9.97 Å². The van der Waals surface area contributed by atoms with Gasteiger partial charge in [-0.05, 0) is 80.0 Å². The number of benzene rings is 2. The number of allylic oxidation sites excluding steroid dienone is 2. The summed E-state index contributed by atoms with van der Waals surface area (Å²) in [5, 5.41) is 13.3. The van der Waals surface area contributed by atoms with E-state index in [1.54, 1.807) is 6.26 Å². The number of aliphatic hydroxyl groups excluding tert-OH is 1. The number of carbonyl (C=O) groups is 1. The Hall–Kier alpha value is -4.06. The summed E-state index contributed by atoms with van der Waals surface area (Å²) < 4.78 is 12.2. The fourth-order valence-corrected chi connectivity index (χ4v) is 7.17. The third-order valence-electron chi connectivity index (χ3n) is 12.0. The number of fused-ring (bicyclic) bond motifs is 3. The van der Waals surface area contributed by atoms with Gasteiger partial charge in [-0.15, -0.1) is 18.2 Å². The Labute approximate surface area is 347 Å². The SMILES string of the molecule is CCC(C)(CC)C(=O)/C=C(\O)C(C)(CC)CC.Cc1oc2cc(-c3cc(-c4[c-]c5cccnc5c(C(C)(C)C)c4)nc4occ(C)c34)ccc2c1CC(C)C.[Ir]. The molecule has 0 aliphatic carbocycles. The molecule has 7 heteroatoms. The summed E-state index contributed by atoms with van der Waals surface area (Å²) in [6.45, 7) is 27.4. The molecule has 0 atom stereocenters. The van der Waals surface area contributed by atoms with Crippen LogP contribution in [0.1, 0.15) is 124 Å². The zero-order valence-corrected chi connectivity index (χ0v) is 38.2. The molecule has 4 aromatic heterocycles. The van der Waals surface area contributed by atoms with Crippen molar-refractivity contribution >= 4 is 38.8 Å². The zero-order chi connectivity index (χ0) is 40.5. The summed E-state index contributed by atoms with van der Waals surface area (Å²) in [6.07, 6.45) is 9.39. The summed E-state index contributed by atoms with van der Waals surface area (Å²) in [5.41, 5.74) is 9.30. The van der Waals surface area contributed by atoms with Crippen LogP contribution in [0.5, 0.6) is 0 Å². The summed E-state index contributed by atoms with van der Waals surface area (Å²) >= 11 is 0. The molecule has 0 saturated carbocycles. The molecule has 6 aromatic rings. The number of hydrogen-bond donors (Lipinski definition) is 1. The van der Waals surface area contributed by atoms with Crippen LogP contribution in [-0.4, -0.2) is 20.9 Å². The van der Waals surface area contributed by atoms with Crippen LogP contribution in [0.2, 0.25) is 0 Å². The summed E-state index contributed by atoms with van der Waals surface area (Å²) in [7, 11) is 0. The minimum Gasteiger partial charge on any atom is -0.512 e. The standard InChI is InChI=1S/C34H33N2O2.C15H28O2.Ir/c1-19(2)13-26-21(4)38-30-16-22(10-11-25(26)30)27-17-29(36-33-31(27)20(3)18-37-33)24-14-23-9-8-12-35-32(23)28(15-24)34(5,6)7;1-7-14(5,8-2)12(16)11-13(17)15(6,9-3)10-4;/h8-12,15-19H,13H2,1-7H3;11,16H,7-10H2,1-6H3;/q-1;;/b;12-11-;. The first kappa shape index (κ1) is 44.7. The number of aliphatic hydroxyl groups is 1. The van der Waals surface area contributed by atoms with Gasteiger partial charge in [-0.25, -0.2) is 0 Å². The van der Waals surface area contributed by atoms with Crippen molar-refractivity contribution in [3.05, 3.63) is 95.3 Å². The molecule has 2 aromatic carbocycles. The number of rotatable bonds is 11. The van der Waals surface area contributed by atoms with Crippen LogP contribution >= 0.6 is 0 Å². The van der Waals surface area contributed by atoms with E-state index in [4.69, 9.17) is 13.8 Å². The van der Waals surface area contributed by atoms with Gasteiger partial charge in [0.25, 0.3) is 0 Å². The first-order chi connectivity index (χ1) is 25.9. The van der Waals surface area contributed by atoms with E-state index in [9.17, 15) is 9.90 Å². The molecule has 301 valence electrons. The van der Waals surface area contributed by atoms with Crippen LogP contribution in [-0.2, 0) is 36.7 Å². The van der Waals surface area contributed by atoms with E-state index in [0.717, 1.165) is 87.7 Å². The topological polar surface area (TPSA) is 89.4 Å². The second-order valence-corrected chi connectivity index (χ2v) is 17.3. The molecule has 6 nitrogen and oxygen atoms in total. The predicted octanol–water partition coefficient (Wildman–Crippen LogP) is 14.0. The number of carbonyl (C=O) groups excluding carboxylic acids is 1. The first-order valence-electron chi connectivity index (χ1n) is 20.1. The Kier molecular flexibility index (Phi) is 14.0. The van der Waals surface area contributed by atoms with Gasteiger partial charge in [0.05, 0.1) is 6.26 Å². The third-order valence-corrected chi connectivity index (χ3v) is 12.0. The molecule has 0 aliphatic heterocycles. The van der Waals surface area contributed by atoms with Crippen LogP contribution in [0.25, 0.3) is 55.4 Å². The van der Waals surface area contributed by atoms with Crippen molar-refractivity contribution in [3.63, 3.8) is 0 Å². The molecular weight excluding hydrogens is 873 g/mol. The molecule has 0 aliphatic rings. The maximum atomic E-state index is 12.2. The zero-order valence-electron chi connectivity index (χ0n) is 35.8. The quantitative estimate of drug-likeness (QED) is 0.0791. The van der Waals surface area contributed by atoms with E-state index in [1.165, 1.54) is 22.6 Å². The van der Waals surface area contributed by atoms with Crippen LogP contribution in [0, 0.1) is 36.7 Å². The van der Waals surface area contributed by atoms with Crippen molar-refractivity contribution in [2.45, 2.75) is 128 Å². The first-order valence-corrected chi connectivity index (χ1v) is 20.1. The molecule has 56 heavy (non-hydrogen) atoms. The fraction of sp³-hybridized carbons (Fsp3) is 0.449. The molecule has 0 amide bonds. The third kappa shape index (κ3) is 9.05. The van der Waals surface area contributed by atoms with E-state index in [0.29, 0.717) is 11.6 Å². The molecule has 1 N–H and O–H groups in total. The number of aryl methyl sites for hydroxylation is 2. The van der Waals surface area contributed by atoms with Crippen LogP contribution in [0.3, 0.4) is 0 Å².